The van der Waals surface area contributed by atoms with Crippen LogP contribution in [0.1, 0.15) is 45.6 Å². The van der Waals surface area contributed by atoms with Crippen LogP contribution in [0.3, 0.4) is 0 Å². The second kappa shape index (κ2) is 8.58. The standard InChI is InChI=1S/C22H30N2/c1-6-14-24(15-7-2)22-13-12-20(17(3)4)16-21(22)23-18(5)19-10-8-9-11-19/h8-10,12-13,16,23H,3,5-7,11,14-15H2,1-2,4H3. The number of nitrogens with zero attached hydrogens (tertiary/aromatic N) is 1. The molecule has 128 valence electrons. The Morgan fingerprint density at radius 2 is 1.88 bits per heavy atom. The first-order chi connectivity index (χ1) is 11.6. The van der Waals surface area contributed by atoms with Gasteiger partial charge in [0, 0.05) is 18.8 Å². The maximum Gasteiger partial charge on any atom is 0.0628 e. The Morgan fingerprint density at radius 3 is 2.42 bits per heavy atom. The van der Waals surface area contributed by atoms with E-state index in [0.717, 1.165) is 49.3 Å². The summed E-state index contributed by atoms with van der Waals surface area (Å²) in [6.45, 7) is 17.0. The highest BCUT2D eigenvalue weighted by atomic mass is 15.1. The van der Waals surface area contributed by atoms with Crippen molar-refractivity contribution in [1.82, 2.24) is 0 Å². The summed E-state index contributed by atoms with van der Waals surface area (Å²) in [5, 5.41) is 3.56. The minimum atomic E-state index is 0.953. The van der Waals surface area contributed by atoms with Crippen LogP contribution in [0, 0.1) is 0 Å². The number of hydrogen-bond acceptors (Lipinski definition) is 2. The molecule has 2 heteroatoms. The van der Waals surface area contributed by atoms with Crippen molar-refractivity contribution in [1.29, 1.82) is 0 Å². The second-order valence-electron chi connectivity index (χ2n) is 6.43. The molecule has 0 unspecified atom stereocenters. The predicted octanol–water partition coefficient (Wildman–Crippen LogP) is 6.16. The van der Waals surface area contributed by atoms with Crippen LogP contribution in [-0.4, -0.2) is 13.1 Å². The van der Waals surface area contributed by atoms with E-state index < -0.39 is 0 Å². The normalized spacial score (nSPS) is 12.9. The summed E-state index contributed by atoms with van der Waals surface area (Å²) in [7, 11) is 0. The van der Waals surface area contributed by atoms with Gasteiger partial charge in [-0.3, -0.25) is 0 Å². The van der Waals surface area contributed by atoms with Gasteiger partial charge in [0.2, 0.25) is 0 Å². The molecule has 0 saturated heterocycles. The third kappa shape index (κ3) is 4.41. The Labute approximate surface area is 147 Å². The molecule has 0 saturated carbocycles. The zero-order valence-corrected chi connectivity index (χ0v) is 15.4. The van der Waals surface area contributed by atoms with Crippen LogP contribution < -0.4 is 10.2 Å². The van der Waals surface area contributed by atoms with Gasteiger partial charge in [0.1, 0.15) is 0 Å². The zero-order valence-electron chi connectivity index (χ0n) is 15.4. The van der Waals surface area contributed by atoms with Gasteiger partial charge in [-0.25, -0.2) is 0 Å². The minimum absolute atomic E-state index is 0.953. The molecule has 0 heterocycles. The monoisotopic (exact) mass is 322 g/mol. The van der Waals surface area contributed by atoms with Crippen LogP contribution in [0.15, 0.2) is 60.9 Å². The topological polar surface area (TPSA) is 15.3 Å². The number of allylic oxidation sites excluding steroid dienone is 5. The molecular formula is C22H30N2. The lowest BCUT2D eigenvalue weighted by molar-refractivity contribution is 0.745. The molecule has 2 rings (SSSR count). The summed E-state index contributed by atoms with van der Waals surface area (Å²) in [6, 6.07) is 6.58. The molecule has 0 radical (unpaired) electrons. The summed E-state index contributed by atoms with van der Waals surface area (Å²) in [5.41, 5.74) is 6.84. The van der Waals surface area contributed by atoms with Crippen LogP contribution in [0.2, 0.25) is 0 Å². The van der Waals surface area contributed by atoms with Crippen molar-refractivity contribution in [2.45, 2.75) is 40.0 Å². The molecule has 0 atom stereocenters. The number of nitrogens with one attached hydrogen (secondary N) is 1. The van der Waals surface area contributed by atoms with E-state index in [-0.39, 0.29) is 0 Å². The molecule has 1 N–H and O–H groups in total. The Morgan fingerprint density at radius 1 is 1.17 bits per heavy atom. The molecule has 2 nitrogen and oxygen atoms in total. The first-order valence-electron chi connectivity index (χ1n) is 8.93. The van der Waals surface area contributed by atoms with Crippen LogP contribution in [0.5, 0.6) is 0 Å². The molecule has 0 aliphatic heterocycles. The lowest BCUT2D eigenvalue weighted by atomic mass is 10.1. The Bertz CT molecular complexity index is 659. The van der Waals surface area contributed by atoms with Crippen LogP contribution in [0.25, 0.3) is 5.57 Å². The maximum absolute atomic E-state index is 4.24. The van der Waals surface area contributed by atoms with Gasteiger partial charge in [-0.15, -0.1) is 0 Å². The summed E-state index contributed by atoms with van der Waals surface area (Å²) >= 11 is 0. The molecule has 0 aromatic heterocycles. The molecule has 1 aromatic rings. The zero-order chi connectivity index (χ0) is 17.5. The number of rotatable bonds is 9. The van der Waals surface area contributed by atoms with Gasteiger partial charge in [0.25, 0.3) is 0 Å². The highest BCUT2D eigenvalue weighted by Gasteiger charge is 2.13. The summed E-state index contributed by atoms with van der Waals surface area (Å²) in [6.07, 6.45) is 9.61. The average molecular weight is 322 g/mol. The quantitative estimate of drug-likeness (QED) is 0.586. The van der Waals surface area contributed by atoms with E-state index in [1.807, 2.05) is 6.92 Å². The van der Waals surface area contributed by atoms with Crippen molar-refractivity contribution >= 4 is 16.9 Å². The maximum atomic E-state index is 4.24. The summed E-state index contributed by atoms with van der Waals surface area (Å²) in [5.74, 6) is 0. The van der Waals surface area contributed by atoms with Gasteiger partial charge in [-0.1, -0.05) is 56.9 Å². The third-order valence-corrected chi connectivity index (χ3v) is 4.26. The molecular weight excluding hydrogens is 292 g/mol. The largest absolute Gasteiger partial charge is 0.370 e. The summed E-state index contributed by atoms with van der Waals surface area (Å²) < 4.78 is 0. The van der Waals surface area contributed by atoms with Gasteiger partial charge in [0.15, 0.2) is 0 Å². The molecule has 0 spiro atoms. The van der Waals surface area contributed by atoms with E-state index in [9.17, 15) is 0 Å². The summed E-state index contributed by atoms with van der Waals surface area (Å²) in [4.78, 5) is 2.46. The number of benzene rings is 1. The Kier molecular flexibility index (Phi) is 6.48. The van der Waals surface area contributed by atoms with Crippen molar-refractivity contribution in [3.63, 3.8) is 0 Å². The van der Waals surface area contributed by atoms with Crippen LogP contribution in [-0.2, 0) is 0 Å². The third-order valence-electron chi connectivity index (χ3n) is 4.26. The molecule has 1 aliphatic carbocycles. The molecule has 1 aromatic carbocycles. The van der Waals surface area contributed by atoms with Crippen molar-refractivity contribution in [3.05, 3.63) is 66.4 Å². The van der Waals surface area contributed by atoms with Crippen LogP contribution in [0.4, 0.5) is 11.4 Å². The van der Waals surface area contributed by atoms with Crippen molar-refractivity contribution in [2.24, 2.45) is 0 Å². The first kappa shape index (κ1) is 18.1. The lowest BCUT2D eigenvalue weighted by Crippen LogP contribution is -2.26. The van der Waals surface area contributed by atoms with Crippen molar-refractivity contribution in [3.8, 4) is 0 Å². The fraction of sp³-hybridized carbons (Fsp3) is 0.364. The fourth-order valence-electron chi connectivity index (χ4n) is 2.98. The average Bonchev–Trinajstić information content (AvgIpc) is 3.09. The lowest BCUT2D eigenvalue weighted by Gasteiger charge is -2.28. The van der Waals surface area contributed by atoms with E-state index in [0.29, 0.717) is 0 Å². The van der Waals surface area contributed by atoms with Gasteiger partial charge in [-0.2, -0.15) is 0 Å². The molecule has 0 bridgehead atoms. The SMILES string of the molecule is C=C(Nc1cc(C(=C)C)ccc1N(CCC)CCC)C1=CC=CC1. The van der Waals surface area contributed by atoms with Gasteiger partial charge in [0.05, 0.1) is 11.4 Å². The molecule has 0 fully saturated rings. The van der Waals surface area contributed by atoms with Gasteiger partial charge < -0.3 is 10.2 Å². The van der Waals surface area contributed by atoms with Crippen molar-refractivity contribution < 1.29 is 0 Å². The van der Waals surface area contributed by atoms with E-state index in [4.69, 9.17) is 0 Å². The van der Waals surface area contributed by atoms with Crippen molar-refractivity contribution in [2.75, 3.05) is 23.3 Å². The Balaban J connectivity index is 2.34. The minimum Gasteiger partial charge on any atom is -0.370 e. The molecule has 0 amide bonds. The smallest absolute Gasteiger partial charge is 0.0628 e. The highest BCUT2D eigenvalue weighted by Crippen LogP contribution is 2.32. The number of anilines is 2. The van der Waals surface area contributed by atoms with E-state index >= 15 is 0 Å². The van der Waals surface area contributed by atoms with Gasteiger partial charge >= 0.3 is 0 Å². The molecule has 1 aliphatic rings. The molecule has 24 heavy (non-hydrogen) atoms. The number of hydrogen-bond donors (Lipinski definition) is 1. The van der Waals surface area contributed by atoms with Gasteiger partial charge in [-0.05, 0) is 49.5 Å². The van der Waals surface area contributed by atoms with E-state index in [2.05, 4.69) is 73.6 Å². The van der Waals surface area contributed by atoms with E-state index in [1.165, 1.54) is 16.8 Å². The Hall–Kier alpha value is -2.22. The predicted molar refractivity (Wildman–Crippen MR) is 109 cm³/mol. The first-order valence-corrected chi connectivity index (χ1v) is 8.93. The fourth-order valence-corrected chi connectivity index (χ4v) is 2.98. The highest BCUT2D eigenvalue weighted by molar-refractivity contribution is 5.78. The second-order valence-corrected chi connectivity index (χ2v) is 6.43. The van der Waals surface area contributed by atoms with E-state index in [1.54, 1.807) is 0 Å². The van der Waals surface area contributed by atoms with Crippen LogP contribution >= 0.6 is 0 Å².